The van der Waals surface area contributed by atoms with Crippen molar-refractivity contribution >= 4 is 27.3 Å². The number of carbonyl (C=O) groups excluding carboxylic acids is 1. The number of carbonyl (C=O) groups is 1. The zero-order valence-corrected chi connectivity index (χ0v) is 17.4. The van der Waals surface area contributed by atoms with E-state index in [1.165, 1.54) is 13.1 Å². The number of rotatable bonds is 6. The summed E-state index contributed by atoms with van der Waals surface area (Å²) in [6, 6.07) is 13.4. The highest BCUT2D eigenvalue weighted by atomic mass is 35.5. The Morgan fingerprint density at radius 2 is 1.83 bits per heavy atom. The maximum Gasteiger partial charge on any atom is 0.246 e. The fourth-order valence-corrected chi connectivity index (χ4v) is 3.83. The first-order valence-corrected chi connectivity index (χ1v) is 10.9. The highest BCUT2D eigenvalue weighted by Crippen LogP contribution is 2.36. The fraction of sp³-hybridized carbons (Fsp3) is 0.200. The van der Waals surface area contributed by atoms with Crippen molar-refractivity contribution in [2.24, 2.45) is 0 Å². The van der Waals surface area contributed by atoms with Gasteiger partial charge in [-0.2, -0.15) is 0 Å². The summed E-state index contributed by atoms with van der Waals surface area (Å²) in [6.07, 6.45) is 1.26. The van der Waals surface area contributed by atoms with Crippen molar-refractivity contribution in [2.75, 3.05) is 13.3 Å². The van der Waals surface area contributed by atoms with E-state index in [2.05, 4.69) is 4.98 Å². The van der Waals surface area contributed by atoms with Gasteiger partial charge in [0.1, 0.15) is 5.69 Å². The Balaban J connectivity index is 2.13. The molecule has 1 aromatic heterocycles. The van der Waals surface area contributed by atoms with Gasteiger partial charge in [-0.05, 0) is 30.3 Å². The van der Waals surface area contributed by atoms with Crippen LogP contribution in [-0.4, -0.2) is 42.9 Å². The molecule has 0 bridgehead atoms. The van der Waals surface area contributed by atoms with Crippen LogP contribution < -0.4 is 0 Å². The van der Waals surface area contributed by atoms with Gasteiger partial charge < -0.3 is 4.42 Å². The minimum absolute atomic E-state index is 0.0132. The first kappa shape index (κ1) is 21.0. The van der Waals surface area contributed by atoms with E-state index in [1.54, 1.807) is 42.5 Å². The van der Waals surface area contributed by atoms with E-state index < -0.39 is 15.7 Å². The van der Waals surface area contributed by atoms with Crippen LogP contribution in [0.2, 0.25) is 5.02 Å². The number of benzene rings is 2. The smallest absolute Gasteiger partial charge is 0.246 e. The minimum atomic E-state index is -3.51. The molecular formula is C20H19ClN2O5S. The van der Waals surface area contributed by atoms with E-state index >= 15 is 0 Å². The van der Waals surface area contributed by atoms with Gasteiger partial charge in [-0.15, -0.1) is 0 Å². The van der Waals surface area contributed by atoms with Crippen molar-refractivity contribution < 1.29 is 22.8 Å². The number of nitrogens with zero attached hydrogens (tertiary/aromatic N) is 2. The van der Waals surface area contributed by atoms with Gasteiger partial charge in [0.2, 0.25) is 5.91 Å². The van der Waals surface area contributed by atoms with Crippen LogP contribution in [0.15, 0.2) is 57.8 Å². The highest BCUT2D eigenvalue weighted by molar-refractivity contribution is 7.90. The SMILES string of the molecule is CN(O)C(=O)CCc1nc(-c2ccccc2S(C)(=O)=O)c(-c2ccc(Cl)cc2)o1. The molecule has 0 aliphatic rings. The van der Waals surface area contributed by atoms with Crippen molar-refractivity contribution in [3.8, 4) is 22.6 Å². The summed E-state index contributed by atoms with van der Waals surface area (Å²) < 4.78 is 30.4. The third kappa shape index (κ3) is 4.84. The molecule has 0 radical (unpaired) electrons. The number of amides is 1. The van der Waals surface area contributed by atoms with Crippen LogP contribution in [0.3, 0.4) is 0 Å². The van der Waals surface area contributed by atoms with Gasteiger partial charge in [0.05, 0.1) is 4.90 Å². The molecule has 9 heteroatoms. The molecule has 0 spiro atoms. The van der Waals surface area contributed by atoms with Gasteiger partial charge >= 0.3 is 0 Å². The Kier molecular flexibility index (Phi) is 6.07. The third-order valence-corrected chi connectivity index (χ3v) is 5.64. The zero-order chi connectivity index (χ0) is 21.2. The van der Waals surface area contributed by atoms with Crippen LogP contribution in [0.25, 0.3) is 22.6 Å². The van der Waals surface area contributed by atoms with Crippen molar-refractivity contribution in [3.05, 3.63) is 59.4 Å². The molecule has 3 aromatic rings. The topological polar surface area (TPSA) is 101 Å². The Hall–Kier alpha value is -2.68. The molecule has 0 fully saturated rings. The summed E-state index contributed by atoms with van der Waals surface area (Å²) in [6.45, 7) is 0. The van der Waals surface area contributed by atoms with Crippen molar-refractivity contribution in [2.45, 2.75) is 17.7 Å². The number of sulfone groups is 1. The molecule has 0 aliphatic heterocycles. The molecule has 1 N–H and O–H groups in total. The van der Waals surface area contributed by atoms with Crippen molar-refractivity contribution in [1.29, 1.82) is 0 Å². The van der Waals surface area contributed by atoms with E-state index in [9.17, 15) is 18.4 Å². The van der Waals surface area contributed by atoms with Crippen LogP contribution in [-0.2, 0) is 21.1 Å². The first-order chi connectivity index (χ1) is 13.7. The van der Waals surface area contributed by atoms with E-state index in [1.807, 2.05) is 0 Å². The molecule has 1 amide bonds. The fourth-order valence-electron chi connectivity index (χ4n) is 2.81. The van der Waals surface area contributed by atoms with Crippen LogP contribution in [0, 0.1) is 0 Å². The third-order valence-electron chi connectivity index (χ3n) is 4.23. The maximum absolute atomic E-state index is 12.3. The lowest BCUT2D eigenvalue weighted by molar-refractivity contribution is -0.159. The molecule has 29 heavy (non-hydrogen) atoms. The van der Waals surface area contributed by atoms with Crippen LogP contribution >= 0.6 is 11.6 Å². The summed E-state index contributed by atoms with van der Waals surface area (Å²) in [5.41, 5.74) is 1.42. The summed E-state index contributed by atoms with van der Waals surface area (Å²) in [4.78, 5) is 16.3. The molecule has 7 nitrogen and oxygen atoms in total. The molecular weight excluding hydrogens is 416 g/mol. The van der Waals surface area contributed by atoms with Gasteiger partial charge in [-0.25, -0.2) is 18.5 Å². The maximum atomic E-state index is 12.3. The molecule has 152 valence electrons. The number of hydroxylamine groups is 2. The second-order valence-corrected chi connectivity index (χ2v) is 8.90. The first-order valence-electron chi connectivity index (χ1n) is 8.67. The average molecular weight is 435 g/mol. The lowest BCUT2D eigenvalue weighted by Crippen LogP contribution is -2.22. The summed E-state index contributed by atoms with van der Waals surface area (Å²) in [5, 5.41) is 10.3. The summed E-state index contributed by atoms with van der Waals surface area (Å²) in [7, 11) is -2.27. The van der Waals surface area contributed by atoms with Crippen LogP contribution in [0.1, 0.15) is 12.3 Å². The molecule has 3 rings (SSSR count). The molecule has 0 unspecified atom stereocenters. The second kappa shape index (κ2) is 8.36. The van der Waals surface area contributed by atoms with Gasteiger partial charge in [0, 0.05) is 42.3 Å². The predicted molar refractivity (Wildman–Crippen MR) is 108 cm³/mol. The largest absolute Gasteiger partial charge is 0.440 e. The van der Waals surface area contributed by atoms with Gasteiger partial charge in [-0.1, -0.05) is 29.8 Å². The standard InChI is InChI=1S/C20H19ClN2O5S/c1-23(25)18(24)12-11-17-22-19(15-5-3-4-6-16(15)29(2,26)27)20(28-17)13-7-9-14(21)10-8-13/h3-10,25H,11-12H2,1-2H3. The van der Waals surface area contributed by atoms with Crippen LogP contribution in [0.5, 0.6) is 0 Å². The van der Waals surface area contributed by atoms with E-state index in [4.69, 9.17) is 16.0 Å². The summed E-state index contributed by atoms with van der Waals surface area (Å²) in [5.74, 6) is 0.135. The Morgan fingerprint density at radius 1 is 1.17 bits per heavy atom. The van der Waals surface area contributed by atoms with Gasteiger partial charge in [0.15, 0.2) is 21.5 Å². The number of oxazole rings is 1. The number of aromatic nitrogens is 1. The number of halogens is 1. The molecule has 0 saturated carbocycles. The normalized spacial score (nSPS) is 11.4. The molecule has 2 aromatic carbocycles. The Labute approximate surface area is 173 Å². The molecule has 0 aliphatic carbocycles. The quantitative estimate of drug-likeness (QED) is 0.467. The molecule has 0 atom stereocenters. The number of aryl methyl sites for hydroxylation is 1. The average Bonchev–Trinajstić information content (AvgIpc) is 3.10. The lowest BCUT2D eigenvalue weighted by atomic mass is 10.1. The lowest BCUT2D eigenvalue weighted by Gasteiger charge is -2.07. The van der Waals surface area contributed by atoms with Crippen molar-refractivity contribution in [1.82, 2.24) is 10.0 Å². The number of hydrogen-bond donors (Lipinski definition) is 1. The number of hydrogen-bond acceptors (Lipinski definition) is 6. The van der Waals surface area contributed by atoms with Crippen LogP contribution in [0.4, 0.5) is 0 Å². The monoisotopic (exact) mass is 434 g/mol. The minimum Gasteiger partial charge on any atom is -0.440 e. The second-order valence-electron chi connectivity index (χ2n) is 6.48. The van der Waals surface area contributed by atoms with Gasteiger partial charge in [-0.3, -0.25) is 10.0 Å². The highest BCUT2D eigenvalue weighted by Gasteiger charge is 2.23. The molecule has 1 heterocycles. The predicted octanol–water partition coefficient (Wildman–Crippen LogP) is 3.85. The van der Waals surface area contributed by atoms with E-state index in [-0.39, 0.29) is 23.6 Å². The molecule has 0 saturated heterocycles. The Bertz CT molecular complexity index is 1140. The van der Waals surface area contributed by atoms with E-state index in [0.717, 1.165) is 6.26 Å². The van der Waals surface area contributed by atoms with Gasteiger partial charge in [0.25, 0.3) is 0 Å². The summed E-state index contributed by atoms with van der Waals surface area (Å²) >= 11 is 5.97. The van der Waals surface area contributed by atoms with E-state index in [0.29, 0.717) is 32.7 Å². The Morgan fingerprint density at radius 3 is 2.45 bits per heavy atom. The zero-order valence-electron chi connectivity index (χ0n) is 15.8. The van der Waals surface area contributed by atoms with Crippen molar-refractivity contribution in [3.63, 3.8) is 0 Å².